The van der Waals surface area contributed by atoms with E-state index < -0.39 is 40.7 Å². The Hall–Kier alpha value is -1.23. The molecule has 1 aliphatic heterocycles. The van der Waals surface area contributed by atoms with Crippen molar-refractivity contribution in [1.82, 2.24) is 9.03 Å². The van der Waals surface area contributed by atoms with Gasteiger partial charge in [-0.25, -0.2) is 4.79 Å². The molecular weight excluding hydrogens is 304 g/mol. The number of esters is 1. The number of nitrogens with zero attached hydrogens (tertiary/aromatic N) is 1. The normalized spacial score (nSPS) is 21.7. The molecule has 0 amide bonds. The molecule has 0 aromatic rings. The zero-order chi connectivity index (χ0) is 16.0. The molecule has 1 rings (SSSR count). The van der Waals surface area contributed by atoms with Gasteiger partial charge in [0.25, 0.3) is 10.2 Å². The summed E-state index contributed by atoms with van der Waals surface area (Å²) in [5.74, 6) is -2.48. The Bertz CT molecular complexity index is 479. The molecule has 0 bridgehead atoms. The summed E-state index contributed by atoms with van der Waals surface area (Å²) in [6.45, 7) is 1.49. The number of ether oxygens (including phenoxy) is 1. The summed E-state index contributed by atoms with van der Waals surface area (Å²) in [6.07, 6.45) is -0.764. The fourth-order valence-corrected chi connectivity index (χ4v) is 3.27. The maximum absolute atomic E-state index is 12.0. The molecule has 21 heavy (non-hydrogen) atoms. The van der Waals surface area contributed by atoms with E-state index in [2.05, 4.69) is 0 Å². The first-order valence-electron chi connectivity index (χ1n) is 6.60. The van der Waals surface area contributed by atoms with E-state index in [0.717, 1.165) is 4.31 Å². The van der Waals surface area contributed by atoms with Gasteiger partial charge in [0.05, 0.1) is 12.5 Å². The average molecular weight is 324 g/mol. The van der Waals surface area contributed by atoms with Crippen LogP contribution in [0.2, 0.25) is 0 Å². The van der Waals surface area contributed by atoms with Crippen molar-refractivity contribution in [2.75, 3.05) is 26.2 Å². The lowest BCUT2D eigenvalue weighted by atomic mass is 10.0. The van der Waals surface area contributed by atoms with Crippen LogP contribution in [0.1, 0.15) is 19.8 Å². The summed E-state index contributed by atoms with van der Waals surface area (Å²) in [6, 6.07) is 0. The van der Waals surface area contributed by atoms with Gasteiger partial charge < -0.3 is 14.9 Å². The summed E-state index contributed by atoms with van der Waals surface area (Å²) in [4.78, 5) is 22.1. The second-order valence-electron chi connectivity index (χ2n) is 4.66. The number of aliphatic hydroxyl groups is 1. The third-order valence-electron chi connectivity index (χ3n) is 3.09. The SMILES string of the molecule is CCOC(=O)C1CCCN(S(=O)(=O)NC[C@H](O)C(=O)O)C1. The predicted octanol–water partition coefficient (Wildman–Crippen LogP) is -1.46. The van der Waals surface area contributed by atoms with E-state index in [-0.39, 0.29) is 19.7 Å². The molecule has 1 aliphatic rings. The Morgan fingerprint density at radius 3 is 2.71 bits per heavy atom. The molecule has 122 valence electrons. The molecule has 9 nitrogen and oxygen atoms in total. The third-order valence-corrected chi connectivity index (χ3v) is 4.63. The van der Waals surface area contributed by atoms with E-state index >= 15 is 0 Å². The highest BCUT2D eigenvalue weighted by atomic mass is 32.2. The quantitative estimate of drug-likeness (QED) is 0.487. The van der Waals surface area contributed by atoms with E-state index in [0.29, 0.717) is 12.8 Å². The van der Waals surface area contributed by atoms with E-state index in [9.17, 15) is 18.0 Å². The molecule has 1 heterocycles. The number of carboxylic acid groups (broad SMARTS) is 1. The number of carbonyl (C=O) groups excluding carboxylic acids is 1. The van der Waals surface area contributed by atoms with Crippen molar-refractivity contribution in [1.29, 1.82) is 0 Å². The first-order valence-corrected chi connectivity index (χ1v) is 8.04. The summed E-state index contributed by atoms with van der Waals surface area (Å²) >= 11 is 0. The molecule has 0 aromatic carbocycles. The Balaban J connectivity index is 2.61. The van der Waals surface area contributed by atoms with Gasteiger partial charge in [-0.15, -0.1) is 0 Å². The Morgan fingerprint density at radius 1 is 1.48 bits per heavy atom. The zero-order valence-corrected chi connectivity index (χ0v) is 12.5. The van der Waals surface area contributed by atoms with Crippen LogP contribution < -0.4 is 4.72 Å². The summed E-state index contributed by atoms with van der Waals surface area (Å²) in [5.41, 5.74) is 0. The third kappa shape index (κ3) is 5.23. The zero-order valence-electron chi connectivity index (χ0n) is 11.7. The van der Waals surface area contributed by atoms with Crippen LogP contribution in [0.15, 0.2) is 0 Å². The van der Waals surface area contributed by atoms with E-state index in [1.54, 1.807) is 6.92 Å². The minimum Gasteiger partial charge on any atom is -0.479 e. The van der Waals surface area contributed by atoms with Crippen LogP contribution in [0.4, 0.5) is 0 Å². The molecule has 1 unspecified atom stereocenters. The second-order valence-corrected chi connectivity index (χ2v) is 6.41. The number of carboxylic acids is 1. The number of rotatable bonds is 7. The first kappa shape index (κ1) is 17.8. The smallest absolute Gasteiger partial charge is 0.333 e. The fourth-order valence-electron chi connectivity index (χ4n) is 1.98. The maximum Gasteiger partial charge on any atom is 0.333 e. The van der Waals surface area contributed by atoms with Crippen molar-refractivity contribution in [3.8, 4) is 0 Å². The van der Waals surface area contributed by atoms with E-state index in [1.165, 1.54) is 0 Å². The number of hydrogen-bond acceptors (Lipinski definition) is 6. The largest absolute Gasteiger partial charge is 0.479 e. The van der Waals surface area contributed by atoms with Gasteiger partial charge in [-0.2, -0.15) is 17.4 Å². The van der Waals surface area contributed by atoms with Gasteiger partial charge in [0.1, 0.15) is 0 Å². The van der Waals surface area contributed by atoms with Crippen LogP contribution in [0.3, 0.4) is 0 Å². The van der Waals surface area contributed by atoms with Gasteiger partial charge >= 0.3 is 11.9 Å². The number of nitrogens with one attached hydrogen (secondary N) is 1. The molecule has 0 spiro atoms. The molecule has 0 aromatic heterocycles. The molecule has 2 atom stereocenters. The van der Waals surface area contributed by atoms with Crippen molar-refractivity contribution < 1.29 is 33.0 Å². The first-order chi connectivity index (χ1) is 9.77. The minimum absolute atomic E-state index is 0.0165. The Kier molecular flexibility index (Phi) is 6.52. The number of carbonyl (C=O) groups is 2. The molecule has 0 aliphatic carbocycles. The van der Waals surface area contributed by atoms with Crippen LogP contribution in [-0.4, -0.2) is 67.2 Å². The highest BCUT2D eigenvalue weighted by Gasteiger charge is 2.33. The number of aliphatic carboxylic acids is 1. The van der Waals surface area contributed by atoms with Gasteiger partial charge in [-0.05, 0) is 19.8 Å². The maximum atomic E-state index is 12.0. The molecule has 0 radical (unpaired) electrons. The monoisotopic (exact) mass is 324 g/mol. The molecular formula is C11H20N2O7S. The van der Waals surface area contributed by atoms with Crippen molar-refractivity contribution in [2.45, 2.75) is 25.9 Å². The van der Waals surface area contributed by atoms with Gasteiger partial charge in [0.2, 0.25) is 0 Å². The second kappa shape index (κ2) is 7.69. The van der Waals surface area contributed by atoms with Crippen LogP contribution in [-0.2, 0) is 24.5 Å². The molecule has 1 fully saturated rings. The average Bonchev–Trinajstić information content (AvgIpc) is 2.45. The van der Waals surface area contributed by atoms with Crippen LogP contribution in [0, 0.1) is 5.92 Å². The van der Waals surface area contributed by atoms with Crippen LogP contribution in [0.25, 0.3) is 0 Å². The number of hydrogen-bond donors (Lipinski definition) is 3. The molecule has 10 heteroatoms. The predicted molar refractivity (Wildman–Crippen MR) is 71.5 cm³/mol. The molecule has 0 saturated carbocycles. The van der Waals surface area contributed by atoms with Crippen LogP contribution in [0.5, 0.6) is 0 Å². The van der Waals surface area contributed by atoms with Gasteiger partial charge in [0, 0.05) is 19.6 Å². The van der Waals surface area contributed by atoms with E-state index in [4.69, 9.17) is 14.9 Å². The van der Waals surface area contributed by atoms with Gasteiger partial charge in [-0.1, -0.05) is 0 Å². The Labute approximate surface area is 123 Å². The Morgan fingerprint density at radius 2 is 2.14 bits per heavy atom. The number of aliphatic hydroxyl groups excluding tert-OH is 1. The van der Waals surface area contributed by atoms with Crippen molar-refractivity contribution in [3.63, 3.8) is 0 Å². The lowest BCUT2D eigenvalue weighted by Gasteiger charge is -2.30. The summed E-state index contributed by atoms with van der Waals surface area (Å²) in [7, 11) is -3.94. The standard InChI is InChI=1S/C11H20N2O7S/c1-2-20-11(17)8-4-3-5-13(7-8)21(18,19)12-6-9(14)10(15)16/h8-9,12,14H,2-7H2,1H3,(H,15,16)/t8?,9-/m0/s1. The van der Waals surface area contributed by atoms with E-state index in [1.807, 2.05) is 4.72 Å². The van der Waals surface area contributed by atoms with Crippen molar-refractivity contribution in [2.24, 2.45) is 5.92 Å². The molecule has 1 saturated heterocycles. The minimum atomic E-state index is -3.94. The van der Waals surface area contributed by atoms with Gasteiger partial charge in [-0.3, -0.25) is 4.79 Å². The topological polar surface area (TPSA) is 133 Å². The lowest BCUT2D eigenvalue weighted by Crippen LogP contribution is -2.49. The summed E-state index contributed by atoms with van der Waals surface area (Å²) < 4.78 is 31.9. The highest BCUT2D eigenvalue weighted by molar-refractivity contribution is 7.87. The van der Waals surface area contributed by atoms with Gasteiger partial charge in [0.15, 0.2) is 6.10 Å². The summed E-state index contributed by atoms with van der Waals surface area (Å²) in [5, 5.41) is 17.6. The highest BCUT2D eigenvalue weighted by Crippen LogP contribution is 2.19. The number of piperidine rings is 1. The molecule has 3 N–H and O–H groups in total. The lowest BCUT2D eigenvalue weighted by molar-refractivity contribution is -0.149. The fraction of sp³-hybridized carbons (Fsp3) is 0.818. The van der Waals surface area contributed by atoms with Crippen molar-refractivity contribution in [3.05, 3.63) is 0 Å². The van der Waals surface area contributed by atoms with Crippen LogP contribution >= 0.6 is 0 Å². The van der Waals surface area contributed by atoms with Crippen molar-refractivity contribution >= 4 is 22.1 Å².